The van der Waals surface area contributed by atoms with E-state index in [0.29, 0.717) is 0 Å². The molecule has 0 radical (unpaired) electrons. The molecule has 1 atom stereocenters. The van der Waals surface area contributed by atoms with Crippen LogP contribution >= 0.6 is 15.9 Å². The second-order valence-corrected chi connectivity index (χ2v) is 5.44. The standard InChI is InChI=1S/C13H11BrF3NO3/c1-21-12(20)7-4-11(19)18(6-7)8-2-3-10(14)9(5-8)13(15,16)17/h2-3,5,7H,4,6H2,1H3/t7-/m0/s1. The molecule has 114 valence electrons. The summed E-state index contributed by atoms with van der Waals surface area (Å²) in [6.45, 7) is 0.0183. The first-order valence-corrected chi connectivity index (χ1v) is 6.78. The fourth-order valence-corrected chi connectivity index (χ4v) is 2.65. The summed E-state index contributed by atoms with van der Waals surface area (Å²) in [7, 11) is 1.21. The van der Waals surface area contributed by atoms with Crippen molar-refractivity contribution in [3.63, 3.8) is 0 Å². The van der Waals surface area contributed by atoms with E-state index < -0.39 is 29.5 Å². The lowest BCUT2D eigenvalue weighted by molar-refractivity contribution is -0.145. The average molecular weight is 366 g/mol. The van der Waals surface area contributed by atoms with Crippen LogP contribution in [0.3, 0.4) is 0 Å². The fourth-order valence-electron chi connectivity index (χ4n) is 2.18. The van der Waals surface area contributed by atoms with Crippen molar-refractivity contribution in [3.8, 4) is 0 Å². The zero-order chi connectivity index (χ0) is 15.8. The lowest BCUT2D eigenvalue weighted by Gasteiger charge is -2.19. The second kappa shape index (κ2) is 5.67. The number of ether oxygens (including phenoxy) is 1. The minimum absolute atomic E-state index is 0.0183. The van der Waals surface area contributed by atoms with Gasteiger partial charge < -0.3 is 9.64 Å². The number of nitrogens with zero attached hydrogens (tertiary/aromatic N) is 1. The van der Waals surface area contributed by atoms with Crippen LogP contribution in [0.25, 0.3) is 0 Å². The number of anilines is 1. The smallest absolute Gasteiger partial charge is 0.417 e. The van der Waals surface area contributed by atoms with Gasteiger partial charge in [-0.05, 0) is 18.2 Å². The Labute approximate surface area is 127 Å². The third-order valence-corrected chi connectivity index (χ3v) is 3.92. The Kier molecular flexibility index (Phi) is 4.27. The zero-order valence-electron chi connectivity index (χ0n) is 10.9. The Balaban J connectivity index is 2.31. The monoisotopic (exact) mass is 365 g/mol. The van der Waals surface area contributed by atoms with E-state index in [1.807, 2.05) is 0 Å². The van der Waals surface area contributed by atoms with Gasteiger partial charge in [0.1, 0.15) is 0 Å². The van der Waals surface area contributed by atoms with Gasteiger partial charge in [-0.15, -0.1) is 0 Å². The molecule has 1 aromatic rings. The molecule has 1 aliphatic rings. The number of hydrogen-bond donors (Lipinski definition) is 0. The minimum atomic E-state index is -4.53. The first-order valence-electron chi connectivity index (χ1n) is 5.99. The predicted octanol–water partition coefficient (Wildman–Crippen LogP) is 2.99. The highest BCUT2D eigenvalue weighted by atomic mass is 79.9. The Morgan fingerprint density at radius 3 is 2.67 bits per heavy atom. The lowest BCUT2D eigenvalue weighted by Crippen LogP contribution is -2.26. The van der Waals surface area contributed by atoms with E-state index in [9.17, 15) is 22.8 Å². The number of amides is 1. The van der Waals surface area contributed by atoms with Crippen molar-refractivity contribution in [2.75, 3.05) is 18.6 Å². The summed E-state index contributed by atoms with van der Waals surface area (Å²) < 4.78 is 43.1. The molecule has 1 aromatic carbocycles. The van der Waals surface area contributed by atoms with Crippen LogP contribution in [-0.2, 0) is 20.5 Å². The van der Waals surface area contributed by atoms with Gasteiger partial charge in [0.05, 0.1) is 18.6 Å². The molecule has 1 heterocycles. The van der Waals surface area contributed by atoms with Gasteiger partial charge in [0.2, 0.25) is 5.91 Å². The summed E-state index contributed by atoms with van der Waals surface area (Å²) in [5.74, 6) is -1.60. The van der Waals surface area contributed by atoms with Gasteiger partial charge in [0, 0.05) is 23.1 Å². The second-order valence-electron chi connectivity index (χ2n) is 4.59. The summed E-state index contributed by atoms with van der Waals surface area (Å²) in [6, 6.07) is 3.52. The van der Waals surface area contributed by atoms with Gasteiger partial charge in [-0.3, -0.25) is 9.59 Å². The SMILES string of the molecule is COC(=O)[C@H]1CC(=O)N(c2ccc(Br)c(C(F)(F)F)c2)C1. The van der Waals surface area contributed by atoms with Gasteiger partial charge in [-0.2, -0.15) is 13.2 Å². The maximum Gasteiger partial charge on any atom is 0.417 e. The molecule has 0 aromatic heterocycles. The van der Waals surface area contributed by atoms with Crippen LogP contribution in [0.15, 0.2) is 22.7 Å². The molecule has 2 rings (SSSR count). The van der Waals surface area contributed by atoms with Crippen LogP contribution in [0.4, 0.5) is 18.9 Å². The average Bonchev–Trinajstić information content (AvgIpc) is 2.79. The number of rotatable bonds is 2. The maximum absolute atomic E-state index is 12.9. The third kappa shape index (κ3) is 3.20. The summed E-state index contributed by atoms with van der Waals surface area (Å²) in [5.41, 5.74) is -0.753. The third-order valence-electron chi connectivity index (χ3n) is 3.23. The Morgan fingerprint density at radius 2 is 2.10 bits per heavy atom. The molecule has 0 saturated carbocycles. The molecule has 0 N–H and O–H groups in total. The van der Waals surface area contributed by atoms with E-state index in [1.54, 1.807) is 0 Å². The number of benzene rings is 1. The number of alkyl halides is 3. The van der Waals surface area contributed by atoms with Gasteiger partial charge in [0.25, 0.3) is 0 Å². The van der Waals surface area contributed by atoms with Crippen molar-refractivity contribution in [2.45, 2.75) is 12.6 Å². The van der Waals surface area contributed by atoms with Crippen molar-refractivity contribution in [1.29, 1.82) is 0 Å². The molecule has 1 amide bonds. The van der Waals surface area contributed by atoms with Crippen LogP contribution in [0.5, 0.6) is 0 Å². The molecule has 1 saturated heterocycles. The molecule has 0 bridgehead atoms. The Bertz CT molecular complexity index is 589. The minimum Gasteiger partial charge on any atom is -0.469 e. The van der Waals surface area contributed by atoms with E-state index >= 15 is 0 Å². The van der Waals surface area contributed by atoms with Crippen LogP contribution in [0.2, 0.25) is 0 Å². The van der Waals surface area contributed by atoms with Crippen LogP contribution < -0.4 is 4.90 Å². The Morgan fingerprint density at radius 1 is 1.43 bits per heavy atom. The van der Waals surface area contributed by atoms with Crippen molar-refractivity contribution < 1.29 is 27.5 Å². The van der Waals surface area contributed by atoms with Crippen LogP contribution in [0, 0.1) is 5.92 Å². The lowest BCUT2D eigenvalue weighted by atomic mass is 10.1. The summed E-state index contributed by atoms with van der Waals surface area (Å²) >= 11 is 2.84. The fraction of sp³-hybridized carbons (Fsp3) is 0.385. The molecule has 0 unspecified atom stereocenters. The van der Waals surface area contributed by atoms with Gasteiger partial charge in [-0.25, -0.2) is 0 Å². The highest BCUT2D eigenvalue weighted by molar-refractivity contribution is 9.10. The maximum atomic E-state index is 12.9. The number of esters is 1. The van der Waals surface area contributed by atoms with Crippen LogP contribution in [-0.4, -0.2) is 25.5 Å². The van der Waals surface area contributed by atoms with Gasteiger partial charge in [-0.1, -0.05) is 15.9 Å². The van der Waals surface area contributed by atoms with Crippen molar-refractivity contribution in [2.24, 2.45) is 5.92 Å². The number of carbonyl (C=O) groups excluding carboxylic acids is 2. The molecule has 0 aliphatic carbocycles. The first-order chi connectivity index (χ1) is 9.74. The van der Waals surface area contributed by atoms with E-state index in [2.05, 4.69) is 20.7 Å². The summed E-state index contributed by atoms with van der Waals surface area (Å²) in [5, 5.41) is 0. The normalized spacial score (nSPS) is 19.0. The number of hydrogen-bond acceptors (Lipinski definition) is 3. The predicted molar refractivity (Wildman–Crippen MR) is 71.6 cm³/mol. The van der Waals surface area contributed by atoms with Gasteiger partial charge >= 0.3 is 12.1 Å². The molecule has 0 spiro atoms. The molecule has 8 heteroatoms. The quantitative estimate of drug-likeness (QED) is 0.757. The Hall–Kier alpha value is -1.57. The first kappa shape index (κ1) is 15.8. The number of halogens is 4. The van der Waals surface area contributed by atoms with Crippen LogP contribution in [0.1, 0.15) is 12.0 Å². The van der Waals surface area contributed by atoms with Crippen molar-refractivity contribution in [3.05, 3.63) is 28.2 Å². The molecular formula is C13H11BrF3NO3. The van der Waals surface area contributed by atoms with E-state index in [-0.39, 0.29) is 23.1 Å². The molecular weight excluding hydrogens is 355 g/mol. The van der Waals surface area contributed by atoms with Crippen molar-refractivity contribution >= 4 is 33.5 Å². The highest BCUT2D eigenvalue weighted by Gasteiger charge is 2.38. The zero-order valence-corrected chi connectivity index (χ0v) is 12.5. The largest absolute Gasteiger partial charge is 0.469 e. The summed E-state index contributed by atoms with van der Waals surface area (Å²) in [4.78, 5) is 24.5. The van der Waals surface area contributed by atoms with E-state index in [4.69, 9.17) is 0 Å². The molecule has 21 heavy (non-hydrogen) atoms. The van der Waals surface area contributed by atoms with E-state index in [0.717, 1.165) is 6.07 Å². The number of carbonyl (C=O) groups is 2. The molecule has 1 aliphatic heterocycles. The number of methoxy groups -OCH3 is 1. The highest BCUT2D eigenvalue weighted by Crippen LogP contribution is 2.38. The van der Waals surface area contributed by atoms with Crippen molar-refractivity contribution in [1.82, 2.24) is 0 Å². The summed E-state index contributed by atoms with van der Waals surface area (Å²) in [6.07, 6.45) is -4.59. The molecule has 4 nitrogen and oxygen atoms in total. The van der Waals surface area contributed by atoms with E-state index in [1.165, 1.54) is 24.1 Å². The topological polar surface area (TPSA) is 46.6 Å². The molecule has 1 fully saturated rings. The van der Waals surface area contributed by atoms with Gasteiger partial charge in [0.15, 0.2) is 0 Å².